The van der Waals surface area contributed by atoms with E-state index in [1.165, 1.54) is 5.56 Å². The first-order chi connectivity index (χ1) is 8.69. The molecule has 1 nitrogen and oxygen atoms in total. The van der Waals surface area contributed by atoms with Gasteiger partial charge in [0.05, 0.1) is 12.0 Å². The number of benzene rings is 2. The van der Waals surface area contributed by atoms with Crippen LogP contribution >= 0.6 is 11.6 Å². The zero-order valence-corrected chi connectivity index (χ0v) is 11.0. The highest BCUT2D eigenvalue weighted by Crippen LogP contribution is 2.22. The number of hydrogen-bond donors (Lipinski definition) is 0. The minimum atomic E-state index is -0.121. The van der Waals surface area contributed by atoms with Gasteiger partial charge in [-0.1, -0.05) is 53.6 Å². The number of rotatable bonds is 3. The van der Waals surface area contributed by atoms with Crippen molar-refractivity contribution in [2.45, 2.75) is 19.3 Å². The second-order valence-corrected chi connectivity index (χ2v) is 4.86. The van der Waals surface area contributed by atoms with Crippen LogP contribution < -0.4 is 0 Å². The molecule has 0 amide bonds. The molecule has 0 heterocycles. The van der Waals surface area contributed by atoms with E-state index in [-0.39, 0.29) is 5.92 Å². The van der Waals surface area contributed by atoms with Crippen molar-refractivity contribution in [3.8, 4) is 6.07 Å². The molecule has 18 heavy (non-hydrogen) atoms. The van der Waals surface area contributed by atoms with Gasteiger partial charge in [0.1, 0.15) is 0 Å². The molecule has 0 aliphatic rings. The van der Waals surface area contributed by atoms with Crippen molar-refractivity contribution in [3.05, 3.63) is 70.2 Å². The molecule has 1 unspecified atom stereocenters. The lowest BCUT2D eigenvalue weighted by molar-refractivity contribution is 0.849. The molecule has 1 atom stereocenters. The number of aryl methyl sites for hydroxylation is 1. The zero-order valence-electron chi connectivity index (χ0n) is 10.2. The van der Waals surface area contributed by atoms with Crippen molar-refractivity contribution in [3.63, 3.8) is 0 Å². The maximum absolute atomic E-state index is 9.30. The van der Waals surface area contributed by atoms with Crippen molar-refractivity contribution >= 4 is 11.6 Å². The van der Waals surface area contributed by atoms with E-state index >= 15 is 0 Å². The van der Waals surface area contributed by atoms with Crippen LogP contribution in [0.15, 0.2) is 48.5 Å². The lowest BCUT2D eigenvalue weighted by Gasteiger charge is -2.10. The molecule has 0 fully saturated rings. The molecule has 0 aliphatic carbocycles. The molecule has 2 aromatic rings. The fourth-order valence-corrected chi connectivity index (χ4v) is 2.15. The minimum Gasteiger partial charge on any atom is -0.198 e. The van der Waals surface area contributed by atoms with E-state index in [1.807, 2.05) is 55.5 Å². The summed E-state index contributed by atoms with van der Waals surface area (Å²) in [7, 11) is 0. The van der Waals surface area contributed by atoms with Crippen molar-refractivity contribution in [1.29, 1.82) is 5.26 Å². The Morgan fingerprint density at radius 3 is 2.50 bits per heavy atom. The van der Waals surface area contributed by atoms with Gasteiger partial charge in [0.2, 0.25) is 0 Å². The minimum absolute atomic E-state index is 0.121. The highest BCUT2D eigenvalue weighted by molar-refractivity contribution is 6.30. The summed E-state index contributed by atoms with van der Waals surface area (Å²) in [6.45, 7) is 2.04. The summed E-state index contributed by atoms with van der Waals surface area (Å²) < 4.78 is 0. The lowest BCUT2D eigenvalue weighted by Crippen LogP contribution is -2.00. The highest BCUT2D eigenvalue weighted by Gasteiger charge is 2.11. The molecule has 90 valence electrons. The smallest absolute Gasteiger partial charge is 0.0753 e. The van der Waals surface area contributed by atoms with Gasteiger partial charge >= 0.3 is 0 Å². The molecular formula is C16H14ClN. The predicted molar refractivity (Wildman–Crippen MR) is 74.7 cm³/mol. The maximum atomic E-state index is 9.30. The maximum Gasteiger partial charge on any atom is 0.0753 e. The SMILES string of the molecule is Cc1ccc(C(C#N)Cc2cccc(Cl)c2)cc1. The molecular weight excluding hydrogens is 242 g/mol. The Hall–Kier alpha value is -1.78. The number of halogens is 1. The van der Waals surface area contributed by atoms with Gasteiger partial charge in [0.25, 0.3) is 0 Å². The van der Waals surface area contributed by atoms with Gasteiger partial charge in [0.15, 0.2) is 0 Å². The fourth-order valence-electron chi connectivity index (χ4n) is 1.94. The first-order valence-electron chi connectivity index (χ1n) is 5.89. The molecule has 0 saturated carbocycles. The van der Waals surface area contributed by atoms with E-state index in [0.29, 0.717) is 11.4 Å². The Labute approximate surface area is 113 Å². The topological polar surface area (TPSA) is 23.8 Å². The largest absolute Gasteiger partial charge is 0.198 e. The van der Waals surface area contributed by atoms with E-state index in [4.69, 9.17) is 11.6 Å². The van der Waals surface area contributed by atoms with Crippen LogP contribution in [0, 0.1) is 18.3 Å². The van der Waals surface area contributed by atoms with Crippen LogP contribution in [-0.4, -0.2) is 0 Å². The van der Waals surface area contributed by atoms with Crippen LogP contribution in [0.4, 0.5) is 0 Å². The first-order valence-corrected chi connectivity index (χ1v) is 6.27. The third-order valence-corrected chi connectivity index (χ3v) is 3.20. The predicted octanol–water partition coefficient (Wildman–Crippen LogP) is 4.50. The Bertz CT molecular complexity index is 566. The molecule has 2 aromatic carbocycles. The van der Waals surface area contributed by atoms with E-state index in [1.54, 1.807) is 0 Å². The average Bonchev–Trinajstić information content (AvgIpc) is 2.37. The molecule has 0 bridgehead atoms. The number of hydrogen-bond acceptors (Lipinski definition) is 1. The summed E-state index contributed by atoms with van der Waals surface area (Å²) in [5, 5.41) is 10.0. The molecule has 0 aromatic heterocycles. The van der Waals surface area contributed by atoms with E-state index in [9.17, 15) is 5.26 Å². The van der Waals surface area contributed by atoms with Crippen molar-refractivity contribution < 1.29 is 0 Å². The number of nitrogens with zero attached hydrogens (tertiary/aromatic N) is 1. The van der Waals surface area contributed by atoms with Crippen LogP contribution in [0.5, 0.6) is 0 Å². The van der Waals surface area contributed by atoms with Crippen LogP contribution in [0.25, 0.3) is 0 Å². The third-order valence-electron chi connectivity index (χ3n) is 2.96. The van der Waals surface area contributed by atoms with E-state index < -0.39 is 0 Å². The first kappa shape index (κ1) is 12.7. The normalized spacial score (nSPS) is 11.8. The summed E-state index contributed by atoms with van der Waals surface area (Å²) >= 11 is 5.96. The molecule has 0 N–H and O–H groups in total. The van der Waals surface area contributed by atoms with Crippen LogP contribution in [-0.2, 0) is 6.42 Å². The van der Waals surface area contributed by atoms with Gasteiger partial charge in [-0.25, -0.2) is 0 Å². The zero-order chi connectivity index (χ0) is 13.0. The lowest BCUT2D eigenvalue weighted by atomic mass is 9.93. The standard InChI is InChI=1S/C16H14ClN/c1-12-5-7-14(8-6-12)15(11-18)9-13-3-2-4-16(17)10-13/h2-8,10,15H,9H2,1H3. The summed E-state index contributed by atoms with van der Waals surface area (Å²) in [6.07, 6.45) is 0.695. The Kier molecular flexibility index (Phi) is 4.02. The van der Waals surface area contributed by atoms with Gasteiger partial charge in [0, 0.05) is 5.02 Å². The monoisotopic (exact) mass is 255 g/mol. The summed E-state index contributed by atoms with van der Waals surface area (Å²) in [5.41, 5.74) is 3.36. The van der Waals surface area contributed by atoms with Gasteiger partial charge in [-0.15, -0.1) is 0 Å². The van der Waals surface area contributed by atoms with Crippen molar-refractivity contribution in [2.75, 3.05) is 0 Å². The van der Waals surface area contributed by atoms with Gasteiger partial charge < -0.3 is 0 Å². The van der Waals surface area contributed by atoms with Crippen LogP contribution in [0.2, 0.25) is 5.02 Å². The molecule has 2 heteroatoms. The molecule has 0 spiro atoms. The molecule has 0 saturated heterocycles. The van der Waals surface area contributed by atoms with Crippen LogP contribution in [0.3, 0.4) is 0 Å². The van der Waals surface area contributed by atoms with Gasteiger partial charge in [-0.2, -0.15) is 5.26 Å². The van der Waals surface area contributed by atoms with Crippen LogP contribution in [0.1, 0.15) is 22.6 Å². The summed E-state index contributed by atoms with van der Waals surface area (Å²) in [6, 6.07) is 18.2. The second kappa shape index (κ2) is 5.71. The molecule has 0 radical (unpaired) electrons. The van der Waals surface area contributed by atoms with Crippen molar-refractivity contribution in [1.82, 2.24) is 0 Å². The Balaban J connectivity index is 2.20. The summed E-state index contributed by atoms with van der Waals surface area (Å²) in [4.78, 5) is 0. The third kappa shape index (κ3) is 3.12. The highest BCUT2D eigenvalue weighted by atomic mass is 35.5. The average molecular weight is 256 g/mol. The second-order valence-electron chi connectivity index (χ2n) is 4.43. The Morgan fingerprint density at radius 2 is 1.89 bits per heavy atom. The Morgan fingerprint density at radius 1 is 1.17 bits per heavy atom. The van der Waals surface area contributed by atoms with E-state index in [2.05, 4.69) is 6.07 Å². The van der Waals surface area contributed by atoms with Gasteiger partial charge in [-0.3, -0.25) is 0 Å². The quantitative estimate of drug-likeness (QED) is 0.792. The van der Waals surface area contributed by atoms with Crippen molar-refractivity contribution in [2.24, 2.45) is 0 Å². The molecule has 2 rings (SSSR count). The molecule has 0 aliphatic heterocycles. The number of nitriles is 1. The summed E-state index contributed by atoms with van der Waals surface area (Å²) in [5.74, 6) is -0.121. The van der Waals surface area contributed by atoms with Gasteiger partial charge in [-0.05, 0) is 36.6 Å². The van der Waals surface area contributed by atoms with E-state index in [0.717, 1.165) is 11.1 Å². The fraction of sp³-hybridized carbons (Fsp3) is 0.188.